The highest BCUT2D eigenvalue weighted by Crippen LogP contribution is 2.62. The lowest BCUT2D eigenvalue weighted by Crippen LogP contribution is -2.30. The van der Waals surface area contributed by atoms with E-state index >= 15 is 0 Å². The zero-order valence-corrected chi connectivity index (χ0v) is 12.4. The average molecular weight is 287 g/mol. The van der Waals surface area contributed by atoms with Gasteiger partial charge in [0.1, 0.15) is 10.8 Å². The van der Waals surface area contributed by atoms with Gasteiger partial charge in [0.25, 0.3) is 5.91 Å². The first-order valence-electron chi connectivity index (χ1n) is 5.81. The molecule has 1 aromatic heterocycles. The lowest BCUT2D eigenvalue weighted by Gasteiger charge is -2.07. The number of amides is 1. The SMILES string of the molecule is CC1(C)C(NC(=O)c2nc(Cl)ccc2Cl)C1(C)C. The molecule has 2 rings (SSSR count). The highest BCUT2D eigenvalue weighted by Gasteiger charge is 2.65. The van der Waals surface area contributed by atoms with E-state index in [1.54, 1.807) is 12.1 Å². The van der Waals surface area contributed by atoms with Crippen LogP contribution in [0.4, 0.5) is 0 Å². The van der Waals surface area contributed by atoms with E-state index in [9.17, 15) is 4.79 Å². The largest absolute Gasteiger partial charge is 0.347 e. The molecule has 0 saturated heterocycles. The predicted octanol–water partition coefficient (Wildman–Crippen LogP) is 3.55. The monoisotopic (exact) mass is 286 g/mol. The molecule has 0 spiro atoms. The molecule has 98 valence electrons. The van der Waals surface area contributed by atoms with E-state index in [0.717, 1.165) is 0 Å². The average Bonchev–Trinajstić information content (AvgIpc) is 2.64. The molecular weight excluding hydrogens is 271 g/mol. The summed E-state index contributed by atoms with van der Waals surface area (Å²) >= 11 is 11.7. The Balaban J connectivity index is 2.17. The van der Waals surface area contributed by atoms with Crippen LogP contribution >= 0.6 is 23.2 Å². The molecule has 1 amide bonds. The van der Waals surface area contributed by atoms with Crippen molar-refractivity contribution >= 4 is 29.1 Å². The molecular formula is C13H16Cl2N2O. The number of nitrogens with one attached hydrogen (secondary N) is 1. The second-order valence-corrected chi connectivity index (χ2v) is 6.61. The van der Waals surface area contributed by atoms with Gasteiger partial charge in [-0.1, -0.05) is 50.9 Å². The second-order valence-electron chi connectivity index (χ2n) is 5.81. The van der Waals surface area contributed by atoms with Crippen LogP contribution in [0, 0.1) is 10.8 Å². The molecule has 5 heteroatoms. The Labute approximate surface area is 117 Å². The Bertz CT molecular complexity index is 498. The van der Waals surface area contributed by atoms with Gasteiger partial charge in [-0.05, 0) is 23.0 Å². The van der Waals surface area contributed by atoms with E-state index in [2.05, 4.69) is 38.0 Å². The van der Waals surface area contributed by atoms with Gasteiger partial charge in [-0.3, -0.25) is 4.79 Å². The summed E-state index contributed by atoms with van der Waals surface area (Å²) in [5.41, 5.74) is 0.337. The van der Waals surface area contributed by atoms with Crippen molar-refractivity contribution in [2.45, 2.75) is 33.7 Å². The third-order valence-electron chi connectivity index (χ3n) is 4.32. The van der Waals surface area contributed by atoms with Gasteiger partial charge in [0.05, 0.1) is 5.02 Å². The number of hydrogen-bond donors (Lipinski definition) is 1. The van der Waals surface area contributed by atoms with E-state index < -0.39 is 0 Å². The van der Waals surface area contributed by atoms with Gasteiger partial charge >= 0.3 is 0 Å². The van der Waals surface area contributed by atoms with E-state index in [0.29, 0.717) is 5.02 Å². The summed E-state index contributed by atoms with van der Waals surface area (Å²) in [7, 11) is 0. The molecule has 3 nitrogen and oxygen atoms in total. The maximum atomic E-state index is 12.1. The molecule has 0 atom stereocenters. The normalized spacial score (nSPS) is 20.6. The summed E-state index contributed by atoms with van der Waals surface area (Å²) in [5, 5.41) is 3.55. The van der Waals surface area contributed by atoms with E-state index in [4.69, 9.17) is 23.2 Å². The highest BCUT2D eigenvalue weighted by atomic mass is 35.5. The topological polar surface area (TPSA) is 42.0 Å². The van der Waals surface area contributed by atoms with Crippen molar-refractivity contribution in [2.75, 3.05) is 0 Å². The van der Waals surface area contributed by atoms with Crippen molar-refractivity contribution < 1.29 is 4.79 Å². The van der Waals surface area contributed by atoms with Crippen molar-refractivity contribution in [2.24, 2.45) is 10.8 Å². The fraction of sp³-hybridized carbons (Fsp3) is 0.538. The molecule has 1 N–H and O–H groups in total. The third-order valence-corrected chi connectivity index (χ3v) is 4.84. The molecule has 1 heterocycles. The summed E-state index contributed by atoms with van der Waals surface area (Å²) in [5.74, 6) is -0.272. The summed E-state index contributed by atoms with van der Waals surface area (Å²) in [6.45, 7) is 8.52. The first-order chi connectivity index (χ1) is 8.18. The van der Waals surface area contributed by atoms with Crippen molar-refractivity contribution in [3.63, 3.8) is 0 Å². The smallest absolute Gasteiger partial charge is 0.271 e. The first-order valence-corrected chi connectivity index (χ1v) is 6.56. The van der Waals surface area contributed by atoms with Crippen molar-refractivity contribution in [1.29, 1.82) is 0 Å². The number of carbonyl (C=O) groups is 1. The predicted molar refractivity (Wildman–Crippen MR) is 73.1 cm³/mol. The van der Waals surface area contributed by atoms with Gasteiger partial charge in [-0.2, -0.15) is 0 Å². The van der Waals surface area contributed by atoms with Crippen LogP contribution in [0.3, 0.4) is 0 Å². The number of halogens is 2. The fourth-order valence-corrected chi connectivity index (χ4v) is 2.67. The maximum Gasteiger partial charge on any atom is 0.271 e. The standard InChI is InChI=1S/C13H16Cl2N2O/c1-12(2)11(13(12,3)4)17-10(18)9-7(14)5-6-8(15)16-9/h5-6,11H,1-4H3,(H,17,18). The molecule has 1 saturated carbocycles. The van der Waals surface area contributed by atoms with Crippen LogP contribution < -0.4 is 5.32 Å². The molecule has 0 aliphatic heterocycles. The molecule has 1 aliphatic carbocycles. The van der Waals surface area contributed by atoms with Crippen LogP contribution in [0.25, 0.3) is 0 Å². The quantitative estimate of drug-likeness (QED) is 0.845. The van der Waals surface area contributed by atoms with E-state index in [1.165, 1.54) is 0 Å². The summed E-state index contributed by atoms with van der Waals surface area (Å²) in [6, 6.07) is 3.26. The molecule has 1 fully saturated rings. The Morgan fingerprint density at radius 2 is 1.78 bits per heavy atom. The third kappa shape index (κ3) is 1.99. The van der Waals surface area contributed by atoms with Gasteiger partial charge in [0, 0.05) is 6.04 Å². The Hall–Kier alpha value is -0.800. The van der Waals surface area contributed by atoms with E-state index in [1.807, 2.05) is 0 Å². The van der Waals surface area contributed by atoms with Crippen molar-refractivity contribution in [3.05, 3.63) is 28.0 Å². The van der Waals surface area contributed by atoms with E-state index in [-0.39, 0.29) is 33.6 Å². The van der Waals surface area contributed by atoms with Gasteiger partial charge in [0.15, 0.2) is 0 Å². The maximum absolute atomic E-state index is 12.1. The second kappa shape index (κ2) is 4.10. The highest BCUT2D eigenvalue weighted by molar-refractivity contribution is 6.34. The number of rotatable bonds is 2. The molecule has 18 heavy (non-hydrogen) atoms. The van der Waals surface area contributed by atoms with Gasteiger partial charge in [-0.15, -0.1) is 0 Å². The molecule has 0 radical (unpaired) electrons. The Kier molecular flexibility index (Phi) is 3.11. The zero-order chi connectivity index (χ0) is 13.7. The molecule has 0 bridgehead atoms. The van der Waals surface area contributed by atoms with Crippen LogP contribution in [0.2, 0.25) is 10.2 Å². The minimum atomic E-state index is -0.272. The molecule has 1 aliphatic rings. The van der Waals surface area contributed by atoms with Crippen LogP contribution in [0.5, 0.6) is 0 Å². The van der Waals surface area contributed by atoms with Gasteiger partial charge in [0.2, 0.25) is 0 Å². The molecule has 0 aromatic carbocycles. The number of aromatic nitrogens is 1. The van der Waals surface area contributed by atoms with Crippen molar-refractivity contribution in [1.82, 2.24) is 10.3 Å². The molecule has 1 aromatic rings. The van der Waals surface area contributed by atoms with Crippen LogP contribution in [0.15, 0.2) is 12.1 Å². The van der Waals surface area contributed by atoms with Crippen molar-refractivity contribution in [3.8, 4) is 0 Å². The zero-order valence-electron chi connectivity index (χ0n) is 10.8. The van der Waals surface area contributed by atoms with Gasteiger partial charge in [-0.25, -0.2) is 4.98 Å². The summed E-state index contributed by atoms with van der Waals surface area (Å²) < 4.78 is 0. The number of carbonyl (C=O) groups excluding carboxylic acids is 1. The summed E-state index contributed by atoms with van der Waals surface area (Å²) in [4.78, 5) is 16.1. The minimum Gasteiger partial charge on any atom is -0.347 e. The number of nitrogens with zero attached hydrogens (tertiary/aromatic N) is 1. The number of hydrogen-bond acceptors (Lipinski definition) is 2. The summed E-state index contributed by atoms with van der Waals surface area (Å²) in [6.07, 6.45) is 0. The first kappa shape index (κ1) is 13.6. The minimum absolute atomic E-state index is 0.0771. The Morgan fingerprint density at radius 3 is 2.28 bits per heavy atom. The Morgan fingerprint density at radius 1 is 1.22 bits per heavy atom. The fourth-order valence-electron chi connectivity index (χ4n) is 2.33. The van der Waals surface area contributed by atoms with Gasteiger partial charge < -0.3 is 5.32 Å². The van der Waals surface area contributed by atoms with Crippen LogP contribution in [-0.4, -0.2) is 16.9 Å². The number of pyridine rings is 1. The van der Waals surface area contributed by atoms with Crippen LogP contribution in [-0.2, 0) is 0 Å². The lowest BCUT2D eigenvalue weighted by atomic mass is 10.0. The van der Waals surface area contributed by atoms with Crippen LogP contribution in [0.1, 0.15) is 38.2 Å². The lowest BCUT2D eigenvalue weighted by molar-refractivity contribution is 0.0939. The molecule has 0 unspecified atom stereocenters.